The van der Waals surface area contributed by atoms with Crippen LogP contribution in [0.5, 0.6) is 0 Å². The summed E-state index contributed by atoms with van der Waals surface area (Å²) in [5.41, 5.74) is 7.17. The minimum absolute atomic E-state index is 0.00839. The average molecular weight is 386 g/mol. The Balaban J connectivity index is 1.61. The highest BCUT2D eigenvalue weighted by molar-refractivity contribution is 5.95. The summed E-state index contributed by atoms with van der Waals surface area (Å²) in [5.74, 6) is -0.166. The number of carbonyl (C=O) groups excluding carboxylic acids is 1. The second kappa shape index (κ2) is 7.85. The SMILES string of the molecule is Cc1nnccc1C(=O)NCc1ccc2[nH]c(-c3ccccc3CO)c(C)c2c1. The maximum absolute atomic E-state index is 12.4. The molecule has 4 rings (SSSR count). The Morgan fingerprint density at radius 2 is 1.97 bits per heavy atom. The van der Waals surface area contributed by atoms with Crippen LogP contribution in [-0.4, -0.2) is 26.2 Å². The molecule has 29 heavy (non-hydrogen) atoms. The van der Waals surface area contributed by atoms with Crippen LogP contribution in [0.25, 0.3) is 22.2 Å². The smallest absolute Gasteiger partial charge is 0.253 e. The molecule has 0 bridgehead atoms. The fourth-order valence-electron chi connectivity index (χ4n) is 3.57. The molecule has 0 saturated carbocycles. The maximum atomic E-state index is 12.4. The van der Waals surface area contributed by atoms with Crippen molar-refractivity contribution in [3.63, 3.8) is 0 Å². The number of nitrogens with zero attached hydrogens (tertiary/aromatic N) is 2. The van der Waals surface area contributed by atoms with E-state index >= 15 is 0 Å². The van der Waals surface area contributed by atoms with Gasteiger partial charge in [-0.15, -0.1) is 0 Å². The Hall–Kier alpha value is -3.51. The van der Waals surface area contributed by atoms with E-state index in [1.807, 2.05) is 36.4 Å². The molecule has 0 saturated heterocycles. The maximum Gasteiger partial charge on any atom is 0.253 e. The highest BCUT2D eigenvalue weighted by Crippen LogP contribution is 2.32. The highest BCUT2D eigenvalue weighted by atomic mass is 16.3. The summed E-state index contributed by atoms with van der Waals surface area (Å²) in [6.07, 6.45) is 1.52. The monoisotopic (exact) mass is 386 g/mol. The number of hydrogen-bond acceptors (Lipinski definition) is 4. The van der Waals surface area contributed by atoms with Gasteiger partial charge in [-0.25, -0.2) is 0 Å². The fraction of sp³-hybridized carbons (Fsp3) is 0.174. The van der Waals surface area contributed by atoms with Gasteiger partial charge in [-0.1, -0.05) is 30.3 Å². The number of rotatable bonds is 5. The van der Waals surface area contributed by atoms with Gasteiger partial charge < -0.3 is 15.4 Å². The van der Waals surface area contributed by atoms with Gasteiger partial charge in [0.25, 0.3) is 5.91 Å². The largest absolute Gasteiger partial charge is 0.392 e. The molecule has 0 fully saturated rings. The van der Waals surface area contributed by atoms with E-state index in [1.165, 1.54) is 6.20 Å². The summed E-state index contributed by atoms with van der Waals surface area (Å²) < 4.78 is 0. The Morgan fingerprint density at radius 3 is 2.76 bits per heavy atom. The molecule has 6 heteroatoms. The van der Waals surface area contributed by atoms with E-state index in [2.05, 4.69) is 33.5 Å². The minimum Gasteiger partial charge on any atom is -0.392 e. The van der Waals surface area contributed by atoms with Crippen molar-refractivity contribution >= 4 is 16.8 Å². The van der Waals surface area contributed by atoms with Crippen LogP contribution >= 0.6 is 0 Å². The van der Waals surface area contributed by atoms with Crippen LogP contribution in [0, 0.1) is 13.8 Å². The third-order valence-electron chi connectivity index (χ3n) is 5.18. The first-order valence-electron chi connectivity index (χ1n) is 9.45. The molecule has 0 atom stereocenters. The van der Waals surface area contributed by atoms with Gasteiger partial charge in [0, 0.05) is 28.7 Å². The van der Waals surface area contributed by atoms with Crippen molar-refractivity contribution in [3.8, 4) is 11.3 Å². The summed E-state index contributed by atoms with van der Waals surface area (Å²) in [4.78, 5) is 15.9. The number of hydrogen-bond donors (Lipinski definition) is 3. The zero-order chi connectivity index (χ0) is 20.4. The van der Waals surface area contributed by atoms with Crippen LogP contribution in [0.3, 0.4) is 0 Å². The Kier molecular flexibility index (Phi) is 5.10. The second-order valence-corrected chi connectivity index (χ2v) is 7.03. The van der Waals surface area contributed by atoms with Crippen molar-refractivity contribution in [2.24, 2.45) is 0 Å². The third kappa shape index (κ3) is 3.62. The summed E-state index contributed by atoms with van der Waals surface area (Å²) in [5, 5.41) is 21.4. The molecule has 0 aliphatic carbocycles. The van der Waals surface area contributed by atoms with Crippen LogP contribution in [-0.2, 0) is 13.2 Å². The van der Waals surface area contributed by atoms with E-state index in [1.54, 1.807) is 13.0 Å². The van der Waals surface area contributed by atoms with Gasteiger partial charge in [0.05, 0.1) is 24.1 Å². The number of amides is 1. The van der Waals surface area contributed by atoms with E-state index in [0.717, 1.165) is 38.9 Å². The molecule has 0 aliphatic rings. The highest BCUT2D eigenvalue weighted by Gasteiger charge is 2.14. The Bertz CT molecular complexity index is 1200. The standard InChI is InChI=1S/C23H22N4O2/c1-14-20-11-16(12-24-23(29)18-9-10-25-27-15(18)2)7-8-21(20)26-22(14)19-6-4-3-5-17(19)13-28/h3-11,26,28H,12-13H2,1-2H3,(H,24,29). The number of benzene rings is 2. The summed E-state index contributed by atoms with van der Waals surface area (Å²) in [6, 6.07) is 15.6. The predicted octanol–water partition coefficient (Wildman–Crippen LogP) is 3.66. The lowest BCUT2D eigenvalue weighted by atomic mass is 10.0. The first kappa shape index (κ1) is 18.8. The van der Waals surface area contributed by atoms with E-state index in [-0.39, 0.29) is 12.5 Å². The topological polar surface area (TPSA) is 90.9 Å². The number of fused-ring (bicyclic) bond motifs is 1. The number of aliphatic hydroxyl groups is 1. The minimum atomic E-state index is -0.166. The van der Waals surface area contributed by atoms with Crippen molar-refractivity contribution in [1.29, 1.82) is 0 Å². The van der Waals surface area contributed by atoms with Crippen LogP contribution in [0.4, 0.5) is 0 Å². The van der Waals surface area contributed by atoms with Gasteiger partial charge >= 0.3 is 0 Å². The number of aromatic amines is 1. The molecule has 146 valence electrons. The Labute approximate surface area is 168 Å². The van der Waals surface area contributed by atoms with Crippen LogP contribution in [0.1, 0.15) is 32.7 Å². The van der Waals surface area contributed by atoms with Crippen LogP contribution < -0.4 is 5.32 Å². The van der Waals surface area contributed by atoms with E-state index in [9.17, 15) is 9.90 Å². The summed E-state index contributed by atoms with van der Waals surface area (Å²) in [7, 11) is 0. The number of H-pyrrole nitrogens is 1. The number of aromatic nitrogens is 3. The molecular weight excluding hydrogens is 364 g/mol. The summed E-state index contributed by atoms with van der Waals surface area (Å²) in [6.45, 7) is 4.24. The van der Waals surface area contributed by atoms with Crippen molar-refractivity contribution in [1.82, 2.24) is 20.5 Å². The number of aryl methyl sites for hydroxylation is 2. The Morgan fingerprint density at radius 1 is 1.14 bits per heavy atom. The van der Waals surface area contributed by atoms with Crippen molar-refractivity contribution in [2.45, 2.75) is 27.0 Å². The van der Waals surface area contributed by atoms with Gasteiger partial charge in [0.15, 0.2) is 0 Å². The average Bonchev–Trinajstić information content (AvgIpc) is 3.08. The van der Waals surface area contributed by atoms with Crippen molar-refractivity contribution in [3.05, 3.63) is 82.7 Å². The molecule has 4 aromatic rings. The fourth-order valence-corrected chi connectivity index (χ4v) is 3.57. The second-order valence-electron chi connectivity index (χ2n) is 7.03. The van der Waals surface area contributed by atoms with Crippen molar-refractivity contribution < 1.29 is 9.90 Å². The molecule has 0 unspecified atom stereocenters. The quantitative estimate of drug-likeness (QED) is 0.488. The van der Waals surface area contributed by atoms with Crippen LogP contribution in [0.2, 0.25) is 0 Å². The lowest BCUT2D eigenvalue weighted by Crippen LogP contribution is -2.24. The first-order valence-corrected chi connectivity index (χ1v) is 9.45. The first-order chi connectivity index (χ1) is 14.1. The molecule has 2 heterocycles. The summed E-state index contributed by atoms with van der Waals surface area (Å²) >= 11 is 0. The lowest BCUT2D eigenvalue weighted by Gasteiger charge is -2.07. The third-order valence-corrected chi connectivity index (χ3v) is 5.18. The zero-order valence-electron chi connectivity index (χ0n) is 16.4. The van der Waals surface area contributed by atoms with Crippen LogP contribution in [0.15, 0.2) is 54.7 Å². The molecule has 0 radical (unpaired) electrons. The lowest BCUT2D eigenvalue weighted by molar-refractivity contribution is 0.0949. The molecule has 2 aromatic heterocycles. The predicted molar refractivity (Wildman–Crippen MR) is 112 cm³/mol. The molecule has 2 aromatic carbocycles. The molecule has 0 spiro atoms. The van der Waals surface area contributed by atoms with Gasteiger partial charge in [-0.05, 0) is 48.7 Å². The molecule has 1 amide bonds. The normalized spacial score (nSPS) is 11.0. The molecule has 6 nitrogen and oxygen atoms in total. The van der Waals surface area contributed by atoms with E-state index in [0.29, 0.717) is 17.8 Å². The molecule has 3 N–H and O–H groups in total. The van der Waals surface area contributed by atoms with Gasteiger partial charge in [0.2, 0.25) is 0 Å². The zero-order valence-corrected chi connectivity index (χ0v) is 16.4. The van der Waals surface area contributed by atoms with E-state index < -0.39 is 0 Å². The number of nitrogens with one attached hydrogen (secondary N) is 2. The van der Waals surface area contributed by atoms with Gasteiger partial charge in [-0.2, -0.15) is 10.2 Å². The molecule has 0 aliphatic heterocycles. The number of carbonyl (C=O) groups is 1. The molecular formula is C23H22N4O2. The van der Waals surface area contributed by atoms with E-state index in [4.69, 9.17) is 0 Å². The van der Waals surface area contributed by atoms with Crippen molar-refractivity contribution in [2.75, 3.05) is 0 Å². The van der Waals surface area contributed by atoms with Gasteiger partial charge in [-0.3, -0.25) is 4.79 Å². The number of aliphatic hydroxyl groups excluding tert-OH is 1. The van der Waals surface area contributed by atoms with Gasteiger partial charge in [0.1, 0.15) is 0 Å².